The zero-order valence-electron chi connectivity index (χ0n) is 23.9. The molecule has 0 N–H and O–H groups in total. The summed E-state index contributed by atoms with van der Waals surface area (Å²) in [7, 11) is 0. The van der Waals surface area contributed by atoms with Gasteiger partial charge >= 0.3 is 30.1 Å². The number of ether oxygens (including phenoxy) is 5. The maximum atomic E-state index is 14.7. The molecule has 1 heterocycles. The van der Waals surface area contributed by atoms with E-state index in [2.05, 4.69) is 0 Å². The minimum atomic E-state index is -5.11. The Kier molecular flexibility index (Phi) is 11.0. The molecule has 9 nitrogen and oxygen atoms in total. The molecule has 0 spiro atoms. The Morgan fingerprint density at radius 2 is 1.10 bits per heavy atom. The van der Waals surface area contributed by atoms with Gasteiger partial charge in [-0.2, -0.15) is 13.2 Å². The van der Waals surface area contributed by atoms with Crippen molar-refractivity contribution in [3.63, 3.8) is 0 Å². The molecule has 12 heteroatoms. The van der Waals surface area contributed by atoms with Crippen LogP contribution < -0.4 is 4.74 Å². The minimum absolute atomic E-state index is 0.0275. The summed E-state index contributed by atoms with van der Waals surface area (Å²) in [6, 6.07) is 3.43. The Bertz CT molecular complexity index is 1350. The summed E-state index contributed by atoms with van der Waals surface area (Å²) in [6.45, 7) is 6.78. The molecule has 0 aromatic heterocycles. The summed E-state index contributed by atoms with van der Waals surface area (Å²) in [5, 5.41) is 0. The summed E-state index contributed by atoms with van der Waals surface area (Å²) in [5.74, 6) is -4.58. The number of hydrogen-bond acceptors (Lipinski definition) is 9. The molecule has 0 saturated carbocycles. The number of fused-ring (bicyclic) bond motifs is 2. The molecule has 3 rings (SSSR count). The van der Waals surface area contributed by atoms with Crippen molar-refractivity contribution in [1.82, 2.24) is 0 Å². The SMILES string of the molecule is CCCOC(=O)c1cc2c(cc1C(=O)OCCC)Oc1cc(C(=O)OCCC)c(C(=O)OCCC)c(C(F)(F)F)c1C2. The van der Waals surface area contributed by atoms with Gasteiger partial charge in [-0.05, 0) is 43.9 Å². The van der Waals surface area contributed by atoms with Crippen LogP contribution in [0.15, 0.2) is 18.2 Å². The first-order valence-electron chi connectivity index (χ1n) is 13.8. The molecule has 1 aliphatic heterocycles. The Labute approximate surface area is 241 Å². The molecule has 0 aliphatic carbocycles. The van der Waals surface area contributed by atoms with Gasteiger partial charge in [0.25, 0.3) is 0 Å². The molecule has 42 heavy (non-hydrogen) atoms. The third-order valence-electron chi connectivity index (χ3n) is 6.08. The fourth-order valence-corrected chi connectivity index (χ4v) is 4.24. The number of alkyl halides is 3. The third kappa shape index (κ3) is 7.21. The van der Waals surface area contributed by atoms with Gasteiger partial charge in [-0.15, -0.1) is 0 Å². The lowest BCUT2D eigenvalue weighted by Crippen LogP contribution is -2.25. The fourth-order valence-electron chi connectivity index (χ4n) is 4.24. The van der Waals surface area contributed by atoms with E-state index in [-0.39, 0.29) is 54.6 Å². The van der Waals surface area contributed by atoms with Crippen molar-refractivity contribution in [1.29, 1.82) is 0 Å². The van der Waals surface area contributed by atoms with Crippen LogP contribution in [0.2, 0.25) is 0 Å². The Morgan fingerprint density at radius 3 is 1.57 bits per heavy atom. The second kappa shape index (κ2) is 14.2. The number of carbonyl (C=O) groups is 4. The van der Waals surface area contributed by atoms with Crippen LogP contribution in [0.3, 0.4) is 0 Å². The molecule has 0 saturated heterocycles. The van der Waals surface area contributed by atoms with Crippen molar-refractivity contribution < 1.29 is 56.0 Å². The standard InChI is InChI=1S/C30H33F3O9/c1-5-9-38-26(34)18-13-17-14-20-23(42-22(17)15-19(18)27(35)39-10-6-2)16-21(28(36)40-11-7-3)24(25(20)30(31,32)33)29(37)41-12-8-4/h13,15-16H,5-12,14H2,1-4H3. The molecule has 0 bridgehead atoms. The van der Waals surface area contributed by atoms with E-state index >= 15 is 0 Å². The van der Waals surface area contributed by atoms with Crippen LogP contribution in [0.5, 0.6) is 11.5 Å². The number of carbonyl (C=O) groups excluding carboxylic acids is 4. The molecule has 0 amide bonds. The quantitative estimate of drug-likeness (QED) is 0.168. The van der Waals surface area contributed by atoms with Gasteiger partial charge in [0.15, 0.2) is 0 Å². The summed E-state index contributed by atoms with van der Waals surface area (Å²) in [5.41, 5.74) is -3.77. The van der Waals surface area contributed by atoms with Crippen molar-refractivity contribution >= 4 is 23.9 Å². The molecule has 0 radical (unpaired) electrons. The van der Waals surface area contributed by atoms with Crippen molar-refractivity contribution in [3.8, 4) is 11.5 Å². The molecular formula is C30H33F3O9. The number of benzene rings is 2. The fraction of sp³-hybridized carbons (Fsp3) is 0.467. The maximum Gasteiger partial charge on any atom is 0.417 e. The van der Waals surface area contributed by atoms with Crippen LogP contribution in [0.25, 0.3) is 0 Å². The Balaban J connectivity index is 2.25. The average Bonchev–Trinajstić information content (AvgIpc) is 2.96. The van der Waals surface area contributed by atoms with Crippen LogP contribution in [0.4, 0.5) is 13.2 Å². The van der Waals surface area contributed by atoms with E-state index in [1.807, 2.05) is 0 Å². The van der Waals surface area contributed by atoms with E-state index in [1.165, 1.54) is 12.1 Å². The normalized spacial score (nSPS) is 12.0. The molecule has 0 fully saturated rings. The van der Waals surface area contributed by atoms with Crippen LogP contribution >= 0.6 is 0 Å². The molecular weight excluding hydrogens is 561 g/mol. The van der Waals surface area contributed by atoms with Crippen LogP contribution in [-0.4, -0.2) is 50.3 Å². The molecule has 2 aromatic rings. The van der Waals surface area contributed by atoms with Gasteiger partial charge in [0.1, 0.15) is 11.5 Å². The average molecular weight is 595 g/mol. The molecule has 2 aromatic carbocycles. The van der Waals surface area contributed by atoms with E-state index in [0.29, 0.717) is 25.7 Å². The number of rotatable bonds is 12. The van der Waals surface area contributed by atoms with Gasteiger partial charge < -0.3 is 23.7 Å². The highest BCUT2D eigenvalue weighted by Gasteiger charge is 2.44. The van der Waals surface area contributed by atoms with Crippen molar-refractivity contribution in [2.24, 2.45) is 0 Å². The molecule has 0 unspecified atom stereocenters. The largest absolute Gasteiger partial charge is 0.462 e. The van der Waals surface area contributed by atoms with Gasteiger partial charge in [-0.1, -0.05) is 27.7 Å². The second-order valence-corrected chi connectivity index (χ2v) is 9.48. The van der Waals surface area contributed by atoms with Crippen LogP contribution in [-0.2, 0) is 31.5 Å². The second-order valence-electron chi connectivity index (χ2n) is 9.48. The van der Waals surface area contributed by atoms with Gasteiger partial charge in [0, 0.05) is 17.5 Å². The van der Waals surface area contributed by atoms with Gasteiger partial charge in [0.05, 0.1) is 54.2 Å². The summed E-state index contributed by atoms with van der Waals surface area (Å²) in [6.07, 6.45) is -3.82. The first-order valence-corrected chi connectivity index (χ1v) is 13.8. The van der Waals surface area contributed by atoms with E-state index in [0.717, 1.165) is 6.07 Å². The highest BCUT2D eigenvalue weighted by molar-refractivity contribution is 6.06. The first kappa shape index (κ1) is 32.4. The third-order valence-corrected chi connectivity index (χ3v) is 6.08. The highest BCUT2D eigenvalue weighted by Crippen LogP contribution is 2.47. The molecule has 1 aliphatic rings. The van der Waals surface area contributed by atoms with Crippen molar-refractivity contribution in [2.45, 2.75) is 66.0 Å². The zero-order chi connectivity index (χ0) is 31.0. The highest BCUT2D eigenvalue weighted by atomic mass is 19.4. The number of hydrogen-bond donors (Lipinski definition) is 0. The number of esters is 4. The maximum absolute atomic E-state index is 14.7. The topological polar surface area (TPSA) is 114 Å². The summed E-state index contributed by atoms with van der Waals surface area (Å²) in [4.78, 5) is 51.5. The smallest absolute Gasteiger partial charge is 0.417 e. The van der Waals surface area contributed by atoms with Crippen molar-refractivity contribution in [2.75, 3.05) is 26.4 Å². The van der Waals surface area contributed by atoms with Crippen LogP contribution in [0, 0.1) is 0 Å². The van der Waals surface area contributed by atoms with Crippen LogP contribution in [0.1, 0.15) is 112 Å². The van der Waals surface area contributed by atoms with E-state index in [9.17, 15) is 32.3 Å². The molecule has 0 atom stereocenters. The lowest BCUT2D eigenvalue weighted by molar-refractivity contribution is -0.138. The first-order chi connectivity index (χ1) is 20.0. The Morgan fingerprint density at radius 1 is 0.667 bits per heavy atom. The predicted octanol–water partition coefficient (Wildman–Crippen LogP) is 6.67. The van der Waals surface area contributed by atoms with E-state index < -0.39 is 58.7 Å². The van der Waals surface area contributed by atoms with Gasteiger partial charge in [0.2, 0.25) is 0 Å². The zero-order valence-corrected chi connectivity index (χ0v) is 23.9. The van der Waals surface area contributed by atoms with Crippen molar-refractivity contribution in [3.05, 3.63) is 57.1 Å². The van der Waals surface area contributed by atoms with Gasteiger partial charge in [-0.25, -0.2) is 19.2 Å². The summed E-state index contributed by atoms with van der Waals surface area (Å²) >= 11 is 0. The predicted molar refractivity (Wildman–Crippen MR) is 143 cm³/mol. The number of halogens is 3. The monoisotopic (exact) mass is 594 g/mol. The molecule has 228 valence electrons. The van der Waals surface area contributed by atoms with E-state index in [1.54, 1.807) is 27.7 Å². The summed E-state index contributed by atoms with van der Waals surface area (Å²) < 4.78 is 70.3. The van der Waals surface area contributed by atoms with E-state index in [4.69, 9.17) is 23.7 Å². The minimum Gasteiger partial charge on any atom is -0.462 e. The lowest BCUT2D eigenvalue weighted by atomic mass is 9.88. The van der Waals surface area contributed by atoms with Gasteiger partial charge in [-0.3, -0.25) is 0 Å². The Hall–Kier alpha value is -4.09. The lowest BCUT2D eigenvalue weighted by Gasteiger charge is -2.27.